The lowest BCUT2D eigenvalue weighted by molar-refractivity contribution is 0.462. The van der Waals surface area contributed by atoms with Crippen molar-refractivity contribution in [3.05, 3.63) is 56.4 Å². The van der Waals surface area contributed by atoms with Gasteiger partial charge in [-0.15, -0.1) is 0 Å². The van der Waals surface area contributed by atoms with Crippen LogP contribution in [0, 0.1) is 5.41 Å². The standard InChI is InChI=1S/C15H10Cl3N3O2S/c16-10-9(13(22)11(17)12(18)14(10)23)8-6-21(15(19)24-8)20-7-4-2-1-3-5-7/h1-6,19-20,22-23H. The molecular formula is C15H10Cl3N3O2S. The molecule has 0 spiro atoms. The van der Waals surface area contributed by atoms with E-state index in [9.17, 15) is 10.2 Å². The van der Waals surface area contributed by atoms with Gasteiger partial charge in [-0.05, 0) is 12.1 Å². The van der Waals surface area contributed by atoms with Gasteiger partial charge in [-0.3, -0.25) is 10.8 Å². The first-order valence-electron chi connectivity index (χ1n) is 6.58. The third kappa shape index (κ3) is 2.93. The van der Waals surface area contributed by atoms with Crippen molar-refractivity contribution >= 4 is 51.8 Å². The SMILES string of the molecule is N=c1sc(-c2c(O)c(Cl)c(Cl)c(O)c2Cl)cn1Nc1ccccc1. The van der Waals surface area contributed by atoms with E-state index in [0.29, 0.717) is 4.88 Å². The number of aromatic nitrogens is 1. The second-order valence-corrected chi connectivity index (χ2v) is 6.93. The Labute approximate surface area is 155 Å². The number of phenolic OH excluding ortho intramolecular Hbond substituents is 2. The molecule has 24 heavy (non-hydrogen) atoms. The maximum absolute atomic E-state index is 10.2. The van der Waals surface area contributed by atoms with Gasteiger partial charge in [-0.2, -0.15) is 0 Å². The number of nitrogens with zero attached hydrogens (tertiary/aromatic N) is 1. The fraction of sp³-hybridized carbons (Fsp3) is 0. The maximum Gasteiger partial charge on any atom is 0.201 e. The van der Waals surface area contributed by atoms with Crippen LogP contribution >= 0.6 is 46.1 Å². The van der Waals surface area contributed by atoms with Crippen molar-refractivity contribution in [3.63, 3.8) is 0 Å². The molecule has 0 radical (unpaired) electrons. The molecule has 2 aromatic carbocycles. The lowest BCUT2D eigenvalue weighted by Crippen LogP contribution is -2.19. The van der Waals surface area contributed by atoms with Crippen molar-refractivity contribution < 1.29 is 10.2 Å². The Balaban J connectivity index is 2.10. The Hall–Kier alpha value is -1.86. The first-order valence-corrected chi connectivity index (χ1v) is 8.53. The van der Waals surface area contributed by atoms with Crippen molar-refractivity contribution in [2.24, 2.45) is 0 Å². The summed E-state index contributed by atoms with van der Waals surface area (Å²) in [6, 6.07) is 9.30. The largest absolute Gasteiger partial charge is 0.506 e. The number of aromatic hydroxyl groups is 2. The molecule has 0 atom stereocenters. The molecule has 3 aromatic rings. The van der Waals surface area contributed by atoms with Crippen molar-refractivity contribution in [1.29, 1.82) is 5.41 Å². The fourth-order valence-corrected chi connectivity index (χ4v) is 3.69. The van der Waals surface area contributed by atoms with E-state index >= 15 is 0 Å². The van der Waals surface area contributed by atoms with Gasteiger partial charge < -0.3 is 10.2 Å². The quantitative estimate of drug-likeness (QED) is 0.370. The molecule has 1 heterocycles. The smallest absolute Gasteiger partial charge is 0.201 e. The average Bonchev–Trinajstić information content (AvgIpc) is 2.92. The molecule has 124 valence electrons. The highest BCUT2D eigenvalue weighted by Crippen LogP contribution is 2.51. The van der Waals surface area contributed by atoms with Gasteiger partial charge in [0.1, 0.15) is 15.8 Å². The Kier molecular flexibility index (Phi) is 4.64. The fourth-order valence-electron chi connectivity index (χ4n) is 2.07. The number of para-hydroxylation sites is 1. The number of halogens is 3. The van der Waals surface area contributed by atoms with E-state index in [4.69, 9.17) is 40.2 Å². The van der Waals surface area contributed by atoms with Gasteiger partial charge in [0.05, 0.1) is 21.2 Å². The summed E-state index contributed by atoms with van der Waals surface area (Å²) in [5.41, 5.74) is 3.94. The molecule has 5 nitrogen and oxygen atoms in total. The zero-order chi connectivity index (χ0) is 17.4. The highest BCUT2D eigenvalue weighted by atomic mass is 35.5. The van der Waals surface area contributed by atoms with Gasteiger partial charge in [0.25, 0.3) is 0 Å². The first kappa shape index (κ1) is 17.0. The molecule has 0 bridgehead atoms. The third-order valence-corrected chi connectivity index (χ3v) is 5.33. The van der Waals surface area contributed by atoms with Gasteiger partial charge in [-0.1, -0.05) is 64.3 Å². The lowest BCUT2D eigenvalue weighted by atomic mass is 10.1. The summed E-state index contributed by atoms with van der Waals surface area (Å²) in [4.78, 5) is 0.606. The molecular weight excluding hydrogens is 393 g/mol. The Morgan fingerprint density at radius 3 is 2.25 bits per heavy atom. The number of hydrogen-bond donors (Lipinski definition) is 4. The summed E-state index contributed by atoms with van der Waals surface area (Å²) in [6.45, 7) is 0. The summed E-state index contributed by atoms with van der Waals surface area (Å²) < 4.78 is 1.46. The Morgan fingerprint density at radius 2 is 1.58 bits per heavy atom. The molecule has 1 aromatic heterocycles. The van der Waals surface area contributed by atoms with Crippen LogP contribution in [-0.2, 0) is 0 Å². The number of hydrogen-bond acceptors (Lipinski definition) is 5. The topological polar surface area (TPSA) is 81.3 Å². The molecule has 9 heteroatoms. The summed E-state index contributed by atoms with van der Waals surface area (Å²) in [5, 5.41) is 27.7. The van der Waals surface area contributed by atoms with Crippen LogP contribution in [0.25, 0.3) is 10.4 Å². The van der Waals surface area contributed by atoms with Crippen LogP contribution in [0.3, 0.4) is 0 Å². The first-order chi connectivity index (χ1) is 11.4. The molecule has 0 aliphatic rings. The van der Waals surface area contributed by atoms with Crippen LogP contribution in [0.4, 0.5) is 5.69 Å². The van der Waals surface area contributed by atoms with E-state index in [-0.39, 0.29) is 31.2 Å². The monoisotopic (exact) mass is 401 g/mol. The summed E-state index contributed by atoms with van der Waals surface area (Å²) >= 11 is 18.9. The molecule has 0 unspecified atom stereocenters. The predicted octanol–water partition coefficient (Wildman–Crippen LogP) is 4.94. The molecule has 3 rings (SSSR count). The molecule has 0 aliphatic carbocycles. The van der Waals surface area contributed by atoms with E-state index in [1.165, 1.54) is 4.68 Å². The van der Waals surface area contributed by atoms with E-state index in [1.54, 1.807) is 6.20 Å². The van der Waals surface area contributed by atoms with Gasteiger partial charge in [-0.25, -0.2) is 4.68 Å². The summed E-state index contributed by atoms with van der Waals surface area (Å²) in [7, 11) is 0. The van der Waals surface area contributed by atoms with Crippen LogP contribution in [0.15, 0.2) is 36.5 Å². The number of phenols is 2. The minimum Gasteiger partial charge on any atom is -0.506 e. The zero-order valence-corrected chi connectivity index (χ0v) is 14.9. The van der Waals surface area contributed by atoms with Crippen LogP contribution in [0.5, 0.6) is 11.5 Å². The van der Waals surface area contributed by atoms with E-state index in [2.05, 4.69) is 5.43 Å². The second-order valence-electron chi connectivity index (χ2n) is 4.76. The van der Waals surface area contributed by atoms with Crippen LogP contribution in [0.1, 0.15) is 0 Å². The molecule has 0 aliphatic heterocycles. The second kappa shape index (κ2) is 6.57. The van der Waals surface area contributed by atoms with Crippen molar-refractivity contribution in [3.8, 4) is 21.9 Å². The van der Waals surface area contributed by atoms with Gasteiger partial charge in [0.2, 0.25) is 4.80 Å². The number of anilines is 1. The molecule has 0 saturated carbocycles. The summed E-state index contributed by atoms with van der Waals surface area (Å²) in [5.74, 6) is -0.767. The van der Waals surface area contributed by atoms with E-state index in [1.807, 2.05) is 30.3 Å². The van der Waals surface area contributed by atoms with Gasteiger partial charge in [0.15, 0.2) is 5.75 Å². The lowest BCUT2D eigenvalue weighted by Gasteiger charge is -2.11. The molecule has 4 N–H and O–H groups in total. The minimum absolute atomic E-state index is 0.121. The summed E-state index contributed by atoms with van der Waals surface area (Å²) in [6.07, 6.45) is 1.57. The van der Waals surface area contributed by atoms with Crippen LogP contribution < -0.4 is 10.2 Å². The predicted molar refractivity (Wildman–Crippen MR) is 97.4 cm³/mol. The number of nitrogens with one attached hydrogen (secondary N) is 2. The number of benzene rings is 2. The van der Waals surface area contributed by atoms with Crippen molar-refractivity contribution in [2.75, 3.05) is 5.43 Å². The Bertz CT molecular complexity index is 941. The number of thiazole rings is 1. The highest BCUT2D eigenvalue weighted by molar-refractivity contribution is 7.12. The van der Waals surface area contributed by atoms with Crippen molar-refractivity contribution in [1.82, 2.24) is 4.68 Å². The molecule has 0 amide bonds. The van der Waals surface area contributed by atoms with Crippen LogP contribution in [-0.4, -0.2) is 14.9 Å². The van der Waals surface area contributed by atoms with E-state index < -0.39 is 5.75 Å². The Morgan fingerprint density at radius 1 is 0.958 bits per heavy atom. The van der Waals surface area contributed by atoms with E-state index in [0.717, 1.165) is 17.0 Å². The molecule has 0 fully saturated rings. The van der Waals surface area contributed by atoms with Gasteiger partial charge >= 0.3 is 0 Å². The van der Waals surface area contributed by atoms with Gasteiger partial charge in [0, 0.05) is 6.20 Å². The maximum atomic E-state index is 10.2. The van der Waals surface area contributed by atoms with Crippen LogP contribution in [0.2, 0.25) is 15.1 Å². The number of rotatable bonds is 3. The zero-order valence-electron chi connectivity index (χ0n) is 11.8. The minimum atomic E-state index is -0.418. The highest BCUT2D eigenvalue weighted by Gasteiger charge is 2.23. The normalized spacial score (nSPS) is 10.8. The third-order valence-electron chi connectivity index (χ3n) is 3.21. The van der Waals surface area contributed by atoms with Crippen molar-refractivity contribution in [2.45, 2.75) is 0 Å². The average molecular weight is 403 g/mol. The molecule has 0 saturated heterocycles.